The van der Waals surface area contributed by atoms with Crippen LogP contribution in [0.15, 0.2) is 18.2 Å². The summed E-state index contributed by atoms with van der Waals surface area (Å²) in [5.74, 6) is -1.59. The molecule has 1 aromatic rings. The summed E-state index contributed by atoms with van der Waals surface area (Å²) in [6, 6.07) is 4.09. The molecule has 0 saturated heterocycles. The van der Waals surface area contributed by atoms with Gasteiger partial charge in [0.2, 0.25) is 21.8 Å². The normalized spacial score (nSPS) is 11.0. The van der Waals surface area contributed by atoms with E-state index in [9.17, 15) is 22.8 Å². The molecule has 0 aliphatic rings. The van der Waals surface area contributed by atoms with Crippen LogP contribution in [-0.4, -0.2) is 31.4 Å². The van der Waals surface area contributed by atoms with Gasteiger partial charge >= 0.3 is 0 Å². The molecular formula is C14H19N3O5S. The molecule has 0 heterocycles. The van der Waals surface area contributed by atoms with Crippen LogP contribution in [0.25, 0.3) is 0 Å². The van der Waals surface area contributed by atoms with Crippen LogP contribution in [0, 0.1) is 0 Å². The van der Waals surface area contributed by atoms with Gasteiger partial charge in [0, 0.05) is 30.8 Å². The van der Waals surface area contributed by atoms with Gasteiger partial charge in [-0.05, 0) is 32.0 Å². The Morgan fingerprint density at radius 1 is 0.913 bits per heavy atom. The van der Waals surface area contributed by atoms with Crippen molar-refractivity contribution in [3.63, 3.8) is 0 Å². The number of rotatable bonds is 5. The fraction of sp³-hybridized carbons (Fsp3) is 0.357. The molecule has 1 aromatic carbocycles. The second-order valence-electron chi connectivity index (χ2n) is 5.19. The quantitative estimate of drug-likeness (QED) is 0.739. The van der Waals surface area contributed by atoms with E-state index in [1.807, 2.05) is 4.72 Å². The van der Waals surface area contributed by atoms with Crippen molar-refractivity contribution in [2.45, 2.75) is 32.9 Å². The number of anilines is 2. The van der Waals surface area contributed by atoms with Crippen molar-refractivity contribution in [1.82, 2.24) is 4.72 Å². The lowest BCUT2D eigenvalue weighted by atomic mass is 10.1. The molecule has 8 nitrogen and oxygen atoms in total. The second kappa shape index (κ2) is 7.23. The van der Waals surface area contributed by atoms with E-state index < -0.39 is 21.2 Å². The Labute approximate surface area is 134 Å². The van der Waals surface area contributed by atoms with Crippen LogP contribution < -0.4 is 15.4 Å². The maximum absolute atomic E-state index is 12.1. The standard InChI is InChI=1S/C14H19N3O5S/c1-8(2)23(21,22)17-14(20)11-5-12(15-9(3)18)7-13(6-11)16-10(4)19/h5-8H,1-4H3,(H,15,18)(H,16,19)(H,17,20). The topological polar surface area (TPSA) is 121 Å². The molecule has 9 heteroatoms. The van der Waals surface area contributed by atoms with Crippen molar-refractivity contribution >= 4 is 39.1 Å². The summed E-state index contributed by atoms with van der Waals surface area (Å²) in [6.45, 7) is 5.44. The average molecular weight is 341 g/mol. The second-order valence-corrected chi connectivity index (χ2v) is 7.42. The van der Waals surface area contributed by atoms with Gasteiger partial charge < -0.3 is 10.6 Å². The number of carbonyl (C=O) groups is 3. The number of hydrogen-bond donors (Lipinski definition) is 3. The molecule has 0 fully saturated rings. The highest BCUT2D eigenvalue weighted by Crippen LogP contribution is 2.20. The van der Waals surface area contributed by atoms with E-state index >= 15 is 0 Å². The van der Waals surface area contributed by atoms with Crippen LogP contribution in [0.5, 0.6) is 0 Å². The zero-order valence-corrected chi connectivity index (χ0v) is 14.1. The Morgan fingerprint density at radius 3 is 1.70 bits per heavy atom. The van der Waals surface area contributed by atoms with E-state index in [0.29, 0.717) is 0 Å². The van der Waals surface area contributed by atoms with Gasteiger partial charge in [-0.1, -0.05) is 0 Å². The van der Waals surface area contributed by atoms with Gasteiger partial charge in [-0.2, -0.15) is 0 Å². The highest BCUT2D eigenvalue weighted by atomic mass is 32.2. The number of hydrogen-bond acceptors (Lipinski definition) is 5. The van der Waals surface area contributed by atoms with Crippen molar-refractivity contribution in [2.75, 3.05) is 10.6 Å². The molecule has 0 aliphatic carbocycles. The van der Waals surface area contributed by atoms with Crippen LogP contribution in [-0.2, 0) is 19.6 Å². The summed E-state index contributed by atoms with van der Waals surface area (Å²) >= 11 is 0. The first-order chi connectivity index (χ1) is 10.5. The Balaban J connectivity index is 3.20. The first-order valence-electron chi connectivity index (χ1n) is 6.77. The van der Waals surface area contributed by atoms with Gasteiger partial charge in [-0.3, -0.25) is 14.4 Å². The summed E-state index contributed by atoms with van der Waals surface area (Å²) < 4.78 is 25.5. The predicted molar refractivity (Wildman–Crippen MR) is 86.6 cm³/mol. The molecular weight excluding hydrogens is 322 g/mol. The zero-order chi connectivity index (χ0) is 17.8. The molecule has 23 heavy (non-hydrogen) atoms. The highest BCUT2D eigenvalue weighted by molar-refractivity contribution is 7.90. The summed E-state index contributed by atoms with van der Waals surface area (Å²) in [4.78, 5) is 34.4. The lowest BCUT2D eigenvalue weighted by molar-refractivity contribution is -0.115. The number of nitrogens with one attached hydrogen (secondary N) is 3. The van der Waals surface area contributed by atoms with E-state index in [4.69, 9.17) is 0 Å². The zero-order valence-electron chi connectivity index (χ0n) is 13.3. The van der Waals surface area contributed by atoms with Crippen molar-refractivity contribution in [1.29, 1.82) is 0 Å². The largest absolute Gasteiger partial charge is 0.326 e. The van der Waals surface area contributed by atoms with Gasteiger partial charge in [-0.25, -0.2) is 13.1 Å². The van der Waals surface area contributed by atoms with Gasteiger partial charge in [0.1, 0.15) is 0 Å². The molecule has 126 valence electrons. The van der Waals surface area contributed by atoms with Crippen molar-refractivity contribution in [3.8, 4) is 0 Å². The molecule has 0 spiro atoms. The Kier molecular flexibility index (Phi) is 5.85. The van der Waals surface area contributed by atoms with Crippen LogP contribution in [0.4, 0.5) is 11.4 Å². The molecule has 1 rings (SSSR count). The third-order valence-electron chi connectivity index (χ3n) is 2.69. The Bertz CT molecular complexity index is 707. The van der Waals surface area contributed by atoms with Crippen LogP contribution >= 0.6 is 0 Å². The third-order valence-corrected chi connectivity index (χ3v) is 4.40. The summed E-state index contributed by atoms with van der Waals surface area (Å²) in [5, 5.41) is 4.18. The minimum atomic E-state index is -3.79. The lowest BCUT2D eigenvalue weighted by Crippen LogP contribution is -2.35. The van der Waals surface area contributed by atoms with Gasteiger partial charge in [0.15, 0.2) is 0 Å². The van der Waals surface area contributed by atoms with Gasteiger partial charge in [0.25, 0.3) is 5.91 Å². The Hall–Kier alpha value is -2.42. The molecule has 0 radical (unpaired) electrons. The molecule has 0 aliphatic heterocycles. The van der Waals surface area contributed by atoms with Crippen molar-refractivity contribution < 1.29 is 22.8 Å². The molecule has 0 aromatic heterocycles. The number of carbonyl (C=O) groups excluding carboxylic acids is 3. The average Bonchev–Trinajstić information content (AvgIpc) is 2.35. The highest BCUT2D eigenvalue weighted by Gasteiger charge is 2.20. The van der Waals surface area contributed by atoms with Crippen molar-refractivity contribution in [3.05, 3.63) is 23.8 Å². The summed E-state index contributed by atoms with van der Waals surface area (Å²) in [7, 11) is -3.79. The minimum absolute atomic E-state index is 0.00998. The Morgan fingerprint density at radius 2 is 1.35 bits per heavy atom. The monoisotopic (exact) mass is 341 g/mol. The smallest absolute Gasteiger partial charge is 0.264 e. The number of benzene rings is 1. The molecule has 0 atom stereocenters. The maximum Gasteiger partial charge on any atom is 0.264 e. The SMILES string of the molecule is CC(=O)Nc1cc(NC(C)=O)cc(C(=O)NS(=O)(=O)C(C)C)c1. The molecule has 3 N–H and O–H groups in total. The summed E-state index contributed by atoms with van der Waals surface area (Å²) in [5.41, 5.74) is 0.510. The van der Waals surface area contributed by atoms with E-state index in [0.717, 1.165) is 0 Å². The molecule has 0 saturated carbocycles. The van der Waals surface area contributed by atoms with E-state index in [2.05, 4.69) is 10.6 Å². The number of amides is 3. The predicted octanol–water partition coefficient (Wildman–Crippen LogP) is 1.07. The summed E-state index contributed by atoms with van der Waals surface area (Å²) in [6.07, 6.45) is 0. The van der Waals surface area contributed by atoms with E-state index in [1.165, 1.54) is 45.9 Å². The molecule has 0 bridgehead atoms. The van der Waals surface area contributed by atoms with E-state index in [-0.39, 0.29) is 28.8 Å². The number of sulfonamides is 1. The fourth-order valence-electron chi connectivity index (χ4n) is 1.62. The first-order valence-corrected chi connectivity index (χ1v) is 8.32. The van der Waals surface area contributed by atoms with Crippen LogP contribution in [0.1, 0.15) is 38.1 Å². The van der Waals surface area contributed by atoms with Gasteiger partial charge in [0.05, 0.1) is 5.25 Å². The van der Waals surface area contributed by atoms with Crippen molar-refractivity contribution in [2.24, 2.45) is 0 Å². The minimum Gasteiger partial charge on any atom is -0.326 e. The molecule has 0 unspecified atom stereocenters. The van der Waals surface area contributed by atoms with E-state index in [1.54, 1.807) is 0 Å². The van der Waals surface area contributed by atoms with Gasteiger partial charge in [-0.15, -0.1) is 0 Å². The van der Waals surface area contributed by atoms with Crippen LogP contribution in [0.2, 0.25) is 0 Å². The first kappa shape index (κ1) is 18.6. The third kappa shape index (κ3) is 5.70. The fourth-order valence-corrected chi connectivity index (χ4v) is 2.23. The maximum atomic E-state index is 12.1. The lowest BCUT2D eigenvalue weighted by Gasteiger charge is -2.12. The molecule has 3 amide bonds. The van der Waals surface area contributed by atoms with Crippen LogP contribution in [0.3, 0.4) is 0 Å².